The topological polar surface area (TPSA) is 107 Å². The molecule has 0 aliphatic carbocycles. The summed E-state index contributed by atoms with van der Waals surface area (Å²) in [5.41, 5.74) is 8.84. The number of fused-ring (bicyclic) bond motifs is 1. The van der Waals surface area contributed by atoms with Gasteiger partial charge in [0.05, 0.1) is 11.1 Å². The molecule has 33 heavy (non-hydrogen) atoms. The van der Waals surface area contributed by atoms with Gasteiger partial charge in [-0.05, 0) is 43.7 Å². The van der Waals surface area contributed by atoms with E-state index in [-0.39, 0.29) is 23.1 Å². The number of hydrogen-bond acceptors (Lipinski definition) is 5. The first-order valence-electron chi connectivity index (χ1n) is 10.8. The first-order valence-corrected chi connectivity index (χ1v) is 10.8. The highest BCUT2D eigenvalue weighted by Crippen LogP contribution is 2.39. The van der Waals surface area contributed by atoms with Crippen LogP contribution in [0.4, 0.5) is 5.69 Å². The number of hydrogen-bond donors (Lipinski definition) is 3. The second-order valence-corrected chi connectivity index (χ2v) is 8.39. The first kappa shape index (κ1) is 22.7. The Hall–Kier alpha value is -3.52. The van der Waals surface area contributed by atoms with E-state index in [0.717, 1.165) is 5.56 Å². The predicted molar refractivity (Wildman–Crippen MR) is 125 cm³/mol. The minimum atomic E-state index is -0.894. The summed E-state index contributed by atoms with van der Waals surface area (Å²) in [5.74, 6) is -0.963. The minimum Gasteiger partial charge on any atom is -0.374 e. The summed E-state index contributed by atoms with van der Waals surface area (Å²) in [5, 5.41) is 21.3. The van der Waals surface area contributed by atoms with Crippen LogP contribution < -0.4 is 10.6 Å². The van der Waals surface area contributed by atoms with Crippen LogP contribution in [0.15, 0.2) is 72.8 Å². The molecule has 4 N–H and O–H groups in total. The van der Waals surface area contributed by atoms with Crippen molar-refractivity contribution in [3.05, 3.63) is 101 Å². The maximum Gasteiger partial charge on any atom is 0.259 e. The molecule has 0 fully saturated rings. The number of benzene rings is 3. The summed E-state index contributed by atoms with van der Waals surface area (Å²) in [4.78, 5) is 28.4. The van der Waals surface area contributed by atoms with Crippen LogP contribution in [0.5, 0.6) is 0 Å². The molecule has 2 atom stereocenters. The second kappa shape index (κ2) is 9.15. The van der Waals surface area contributed by atoms with E-state index in [1.165, 1.54) is 0 Å². The number of amides is 2. The monoisotopic (exact) mass is 445 g/mol. The number of rotatable bonds is 6. The van der Waals surface area contributed by atoms with Gasteiger partial charge in [0.1, 0.15) is 12.5 Å². The van der Waals surface area contributed by atoms with Gasteiger partial charge in [-0.2, -0.15) is 0 Å². The summed E-state index contributed by atoms with van der Waals surface area (Å²) in [6.45, 7) is 4.12. The summed E-state index contributed by atoms with van der Waals surface area (Å²) >= 11 is 0. The van der Waals surface area contributed by atoms with Crippen molar-refractivity contribution in [3.8, 4) is 0 Å². The first-order chi connectivity index (χ1) is 15.8. The molecule has 1 heterocycles. The van der Waals surface area contributed by atoms with Crippen LogP contribution in [0.25, 0.3) is 0 Å². The molecule has 7 heteroatoms. The third-order valence-electron chi connectivity index (χ3n) is 5.92. The van der Waals surface area contributed by atoms with Crippen molar-refractivity contribution in [2.45, 2.75) is 38.9 Å². The van der Waals surface area contributed by atoms with Crippen LogP contribution in [0, 0.1) is 0 Å². The summed E-state index contributed by atoms with van der Waals surface area (Å²) in [6, 6.07) is 21.0. The molecule has 0 spiro atoms. The third-order valence-corrected chi connectivity index (χ3v) is 5.92. The van der Waals surface area contributed by atoms with Gasteiger partial charge in [-0.1, -0.05) is 48.5 Å². The number of aliphatic hydroxyl groups is 2. The molecular formula is C26H27N3O4. The molecule has 7 nitrogen and oxygen atoms in total. The number of anilines is 1. The molecule has 2 unspecified atom stereocenters. The Morgan fingerprint density at radius 3 is 1.91 bits per heavy atom. The van der Waals surface area contributed by atoms with E-state index in [9.17, 15) is 19.8 Å². The molecule has 0 aromatic heterocycles. The highest BCUT2D eigenvalue weighted by molar-refractivity contribution is 6.13. The Bertz CT molecular complexity index is 1150. The van der Waals surface area contributed by atoms with E-state index >= 15 is 0 Å². The van der Waals surface area contributed by atoms with Gasteiger partial charge >= 0.3 is 0 Å². The maximum atomic E-state index is 13.3. The highest BCUT2D eigenvalue weighted by atomic mass is 16.3. The van der Waals surface area contributed by atoms with E-state index in [0.29, 0.717) is 23.4 Å². The van der Waals surface area contributed by atoms with Crippen LogP contribution in [-0.2, 0) is 6.54 Å². The number of nitrogens with zero attached hydrogens (tertiary/aromatic N) is 2. The van der Waals surface area contributed by atoms with Gasteiger partial charge in [0, 0.05) is 29.4 Å². The van der Waals surface area contributed by atoms with Crippen LogP contribution in [0.3, 0.4) is 0 Å². The average Bonchev–Trinajstić information content (AvgIpc) is 3.05. The van der Waals surface area contributed by atoms with Crippen molar-refractivity contribution in [3.63, 3.8) is 0 Å². The van der Waals surface area contributed by atoms with Crippen LogP contribution in [0.1, 0.15) is 63.7 Å². The fraction of sp³-hybridized carbons (Fsp3) is 0.231. The van der Waals surface area contributed by atoms with E-state index in [4.69, 9.17) is 5.73 Å². The van der Waals surface area contributed by atoms with Gasteiger partial charge in [-0.25, -0.2) is 4.90 Å². The van der Waals surface area contributed by atoms with Crippen LogP contribution in [0.2, 0.25) is 0 Å². The zero-order valence-corrected chi connectivity index (χ0v) is 18.6. The Labute approximate surface area is 192 Å². The fourth-order valence-electron chi connectivity index (χ4n) is 4.28. The lowest BCUT2D eigenvalue weighted by atomic mass is 10.0. The second-order valence-electron chi connectivity index (χ2n) is 8.39. The Morgan fingerprint density at radius 2 is 1.39 bits per heavy atom. The molecule has 3 aromatic carbocycles. The normalized spacial score (nSPS) is 17.7. The van der Waals surface area contributed by atoms with E-state index in [1.54, 1.807) is 34.1 Å². The molecule has 0 saturated heterocycles. The van der Waals surface area contributed by atoms with E-state index < -0.39 is 18.4 Å². The molecule has 0 bridgehead atoms. The van der Waals surface area contributed by atoms with Gasteiger partial charge < -0.3 is 20.8 Å². The van der Waals surface area contributed by atoms with Crippen LogP contribution >= 0.6 is 0 Å². The highest BCUT2D eigenvalue weighted by Gasteiger charge is 2.35. The molecule has 1 aliphatic rings. The largest absolute Gasteiger partial charge is 0.374 e. The van der Waals surface area contributed by atoms with Crippen molar-refractivity contribution < 1.29 is 19.8 Å². The van der Waals surface area contributed by atoms with Gasteiger partial charge in [0.25, 0.3) is 5.91 Å². The third kappa shape index (κ3) is 4.26. The maximum absolute atomic E-state index is 13.3. The lowest BCUT2D eigenvalue weighted by molar-refractivity contribution is -0.0902. The number of nitrogens with two attached hydrogens (primary N) is 1. The quantitative estimate of drug-likeness (QED) is 0.540. The Balaban J connectivity index is 1.57. The molecule has 4 rings (SSSR count). The predicted octanol–water partition coefficient (Wildman–Crippen LogP) is 3.34. The number of primary amides is 1. The summed E-state index contributed by atoms with van der Waals surface area (Å²) in [6.07, 6.45) is -1.79. The SMILES string of the molecule is CC(C)N(C(=O)c1ccccc1C(N)=O)c1ccc(CN2C(O)c3ccccc3C2O)cc1. The zero-order chi connectivity index (χ0) is 23.7. The summed E-state index contributed by atoms with van der Waals surface area (Å²) in [7, 11) is 0. The van der Waals surface area contributed by atoms with E-state index in [2.05, 4.69) is 0 Å². The van der Waals surface area contributed by atoms with Crippen molar-refractivity contribution in [2.75, 3.05) is 4.90 Å². The van der Waals surface area contributed by atoms with Gasteiger partial charge in [-0.15, -0.1) is 0 Å². The zero-order valence-electron chi connectivity index (χ0n) is 18.6. The molecule has 1 aliphatic heterocycles. The lowest BCUT2D eigenvalue weighted by Gasteiger charge is -2.28. The standard InChI is InChI=1S/C26H27N3O4/c1-16(2)29(26(33)20-8-4-3-7-19(20)23(27)30)18-13-11-17(12-14-18)15-28-24(31)21-9-5-6-10-22(21)25(28)32/h3-14,16,24-25,31-32H,15H2,1-2H3,(H2,27,30). The van der Waals surface area contributed by atoms with Gasteiger partial charge in [0.15, 0.2) is 0 Å². The fourth-order valence-corrected chi connectivity index (χ4v) is 4.28. The van der Waals surface area contributed by atoms with Crippen molar-refractivity contribution in [1.82, 2.24) is 4.90 Å². The lowest BCUT2D eigenvalue weighted by Crippen LogP contribution is -2.38. The van der Waals surface area contributed by atoms with Gasteiger partial charge in [-0.3, -0.25) is 9.59 Å². The van der Waals surface area contributed by atoms with Crippen LogP contribution in [-0.4, -0.2) is 33.0 Å². The molecule has 0 saturated carbocycles. The van der Waals surface area contributed by atoms with Crippen molar-refractivity contribution >= 4 is 17.5 Å². The molecule has 2 amide bonds. The van der Waals surface area contributed by atoms with E-state index in [1.807, 2.05) is 62.4 Å². The minimum absolute atomic E-state index is 0.166. The molecular weight excluding hydrogens is 418 g/mol. The Morgan fingerprint density at radius 1 is 0.879 bits per heavy atom. The average molecular weight is 446 g/mol. The number of carbonyl (C=O) groups is 2. The van der Waals surface area contributed by atoms with Gasteiger partial charge in [0.2, 0.25) is 5.91 Å². The van der Waals surface area contributed by atoms with Crippen molar-refractivity contribution in [2.24, 2.45) is 5.73 Å². The molecule has 170 valence electrons. The molecule has 0 radical (unpaired) electrons. The number of aliphatic hydroxyl groups excluding tert-OH is 2. The van der Waals surface area contributed by atoms with Crippen molar-refractivity contribution in [1.29, 1.82) is 0 Å². The summed E-state index contributed by atoms with van der Waals surface area (Å²) < 4.78 is 0. The number of carbonyl (C=O) groups excluding carboxylic acids is 2. The molecule has 3 aromatic rings. The Kier molecular flexibility index (Phi) is 6.29. The smallest absolute Gasteiger partial charge is 0.259 e.